The third kappa shape index (κ3) is 4.53. The summed E-state index contributed by atoms with van der Waals surface area (Å²) in [5, 5.41) is 0. The van der Waals surface area contributed by atoms with E-state index < -0.39 is 10.0 Å². The highest BCUT2D eigenvalue weighted by atomic mass is 32.2. The van der Waals surface area contributed by atoms with Crippen LogP contribution >= 0.6 is 0 Å². The van der Waals surface area contributed by atoms with Gasteiger partial charge in [-0.25, -0.2) is 8.42 Å². The second-order valence-corrected chi connectivity index (χ2v) is 8.08. The Kier molecular flexibility index (Phi) is 6.38. The summed E-state index contributed by atoms with van der Waals surface area (Å²) in [6.07, 6.45) is 1.62. The molecule has 0 aromatic heterocycles. The largest absolute Gasteiger partial charge is 0.324 e. The molecule has 0 heterocycles. The Balaban J connectivity index is 3.07. The average molecular weight is 312 g/mol. The summed E-state index contributed by atoms with van der Waals surface area (Å²) < 4.78 is 26.9. The van der Waals surface area contributed by atoms with Crippen molar-refractivity contribution < 1.29 is 8.42 Å². The molecule has 0 bridgehead atoms. The molecule has 0 aliphatic heterocycles. The number of nitrogens with zero attached hydrogens (tertiary/aromatic N) is 1. The molecule has 0 spiro atoms. The van der Waals surface area contributed by atoms with Gasteiger partial charge in [-0.2, -0.15) is 4.31 Å². The second-order valence-electron chi connectivity index (χ2n) is 6.09. The van der Waals surface area contributed by atoms with Gasteiger partial charge in [-0.15, -0.1) is 0 Å². The van der Waals surface area contributed by atoms with Crippen LogP contribution in [-0.4, -0.2) is 25.8 Å². The normalized spacial score (nSPS) is 15.4. The first-order valence-electron chi connectivity index (χ1n) is 7.53. The quantitative estimate of drug-likeness (QED) is 0.841. The summed E-state index contributed by atoms with van der Waals surface area (Å²) in [4.78, 5) is 0.321. The van der Waals surface area contributed by atoms with Crippen LogP contribution in [0, 0.1) is 5.92 Å². The first-order chi connectivity index (χ1) is 9.70. The van der Waals surface area contributed by atoms with Crippen molar-refractivity contribution in [2.75, 3.05) is 7.05 Å². The number of nitrogens with two attached hydrogens (primary N) is 1. The van der Waals surface area contributed by atoms with Crippen LogP contribution in [0.3, 0.4) is 0 Å². The van der Waals surface area contributed by atoms with Crippen LogP contribution in [0.4, 0.5) is 0 Å². The summed E-state index contributed by atoms with van der Waals surface area (Å²) in [6.45, 7) is 8.12. The fourth-order valence-electron chi connectivity index (χ4n) is 2.38. The van der Waals surface area contributed by atoms with Crippen molar-refractivity contribution in [2.45, 2.75) is 57.5 Å². The van der Waals surface area contributed by atoms with E-state index in [4.69, 9.17) is 5.73 Å². The Morgan fingerprint density at radius 1 is 1.24 bits per heavy atom. The van der Waals surface area contributed by atoms with Gasteiger partial charge in [-0.1, -0.05) is 32.9 Å². The lowest BCUT2D eigenvalue weighted by atomic mass is 10.1. The van der Waals surface area contributed by atoms with Crippen LogP contribution in [0.5, 0.6) is 0 Å². The minimum Gasteiger partial charge on any atom is -0.324 e. The van der Waals surface area contributed by atoms with Crippen molar-refractivity contribution in [2.24, 2.45) is 11.7 Å². The van der Waals surface area contributed by atoms with Crippen molar-refractivity contribution in [3.05, 3.63) is 29.8 Å². The minimum atomic E-state index is -3.47. The fraction of sp³-hybridized carbons (Fsp3) is 0.625. The first-order valence-corrected chi connectivity index (χ1v) is 8.97. The molecule has 0 radical (unpaired) electrons. The number of sulfonamides is 1. The van der Waals surface area contributed by atoms with Gasteiger partial charge in [0.05, 0.1) is 4.90 Å². The lowest BCUT2D eigenvalue weighted by Crippen LogP contribution is -2.36. The standard InChI is InChI=1S/C16H28N2O2S/c1-6-16(17)14-8-7-9-15(11-14)21(19,20)18(5)13(4)10-12(2)3/h7-9,11-13,16H,6,10,17H2,1-5H3. The number of benzene rings is 1. The summed E-state index contributed by atoms with van der Waals surface area (Å²) in [7, 11) is -1.82. The summed E-state index contributed by atoms with van der Waals surface area (Å²) in [5.41, 5.74) is 6.86. The van der Waals surface area contributed by atoms with E-state index in [1.165, 1.54) is 4.31 Å². The van der Waals surface area contributed by atoms with Crippen molar-refractivity contribution in [1.29, 1.82) is 0 Å². The van der Waals surface area contributed by atoms with Crippen molar-refractivity contribution in [3.8, 4) is 0 Å². The highest BCUT2D eigenvalue weighted by Gasteiger charge is 2.26. The lowest BCUT2D eigenvalue weighted by molar-refractivity contribution is 0.338. The van der Waals surface area contributed by atoms with Gasteiger partial charge in [0.1, 0.15) is 0 Å². The van der Waals surface area contributed by atoms with E-state index in [1.54, 1.807) is 25.2 Å². The van der Waals surface area contributed by atoms with Gasteiger partial charge in [0.25, 0.3) is 0 Å². The van der Waals surface area contributed by atoms with E-state index in [1.807, 2.05) is 19.9 Å². The molecule has 0 saturated heterocycles. The molecule has 2 N–H and O–H groups in total. The third-order valence-electron chi connectivity index (χ3n) is 3.84. The maximum atomic E-state index is 12.7. The molecule has 0 saturated carbocycles. The molecule has 2 atom stereocenters. The Labute approximate surface area is 129 Å². The lowest BCUT2D eigenvalue weighted by Gasteiger charge is -2.26. The predicted molar refractivity (Wildman–Crippen MR) is 87.5 cm³/mol. The van der Waals surface area contributed by atoms with E-state index >= 15 is 0 Å². The second kappa shape index (κ2) is 7.38. The van der Waals surface area contributed by atoms with Crippen LogP contribution in [0.25, 0.3) is 0 Å². The van der Waals surface area contributed by atoms with Crippen molar-refractivity contribution in [1.82, 2.24) is 4.31 Å². The fourth-order valence-corrected chi connectivity index (χ4v) is 3.80. The minimum absolute atomic E-state index is 0.0292. The molecule has 0 aliphatic carbocycles. The zero-order valence-corrected chi connectivity index (χ0v) is 14.5. The molecule has 0 fully saturated rings. The number of hydrogen-bond acceptors (Lipinski definition) is 3. The maximum Gasteiger partial charge on any atom is 0.243 e. The van der Waals surface area contributed by atoms with Gasteiger partial charge in [-0.05, 0) is 43.4 Å². The summed E-state index contributed by atoms with van der Waals surface area (Å²) in [5.74, 6) is 0.456. The Morgan fingerprint density at radius 2 is 1.86 bits per heavy atom. The summed E-state index contributed by atoms with van der Waals surface area (Å²) >= 11 is 0. The highest BCUT2D eigenvalue weighted by molar-refractivity contribution is 7.89. The van der Waals surface area contributed by atoms with Gasteiger partial charge in [-0.3, -0.25) is 0 Å². The van der Waals surface area contributed by atoms with Gasteiger partial charge < -0.3 is 5.73 Å². The van der Waals surface area contributed by atoms with E-state index in [0.29, 0.717) is 10.8 Å². The molecule has 0 aliphatic rings. The first kappa shape index (κ1) is 18.1. The van der Waals surface area contributed by atoms with Gasteiger partial charge in [0.2, 0.25) is 10.0 Å². The Hall–Kier alpha value is -0.910. The van der Waals surface area contributed by atoms with Gasteiger partial charge in [0, 0.05) is 19.1 Å². The zero-order valence-electron chi connectivity index (χ0n) is 13.7. The van der Waals surface area contributed by atoms with E-state index in [9.17, 15) is 8.42 Å². The molecule has 1 rings (SSSR count). The molecule has 5 heteroatoms. The molecule has 1 aromatic carbocycles. The molecule has 1 aromatic rings. The SMILES string of the molecule is CCC(N)c1cccc(S(=O)(=O)N(C)C(C)CC(C)C)c1. The van der Waals surface area contributed by atoms with Crippen LogP contribution < -0.4 is 5.73 Å². The molecule has 120 valence electrons. The number of hydrogen-bond donors (Lipinski definition) is 1. The zero-order chi connectivity index (χ0) is 16.2. The number of rotatable bonds is 7. The smallest absolute Gasteiger partial charge is 0.243 e. The Morgan fingerprint density at radius 3 is 2.38 bits per heavy atom. The topological polar surface area (TPSA) is 63.4 Å². The third-order valence-corrected chi connectivity index (χ3v) is 5.80. The summed E-state index contributed by atoms with van der Waals surface area (Å²) in [6, 6.07) is 6.82. The molecular formula is C16H28N2O2S. The monoisotopic (exact) mass is 312 g/mol. The van der Waals surface area contributed by atoms with Crippen LogP contribution in [0.1, 0.15) is 52.1 Å². The van der Waals surface area contributed by atoms with Crippen LogP contribution in [-0.2, 0) is 10.0 Å². The highest BCUT2D eigenvalue weighted by Crippen LogP contribution is 2.23. The van der Waals surface area contributed by atoms with E-state index in [0.717, 1.165) is 18.4 Å². The van der Waals surface area contributed by atoms with Crippen LogP contribution in [0.15, 0.2) is 29.2 Å². The predicted octanol–water partition coefficient (Wildman–Crippen LogP) is 3.15. The van der Waals surface area contributed by atoms with E-state index in [-0.39, 0.29) is 12.1 Å². The van der Waals surface area contributed by atoms with Gasteiger partial charge >= 0.3 is 0 Å². The Bertz CT molecular complexity index is 555. The van der Waals surface area contributed by atoms with E-state index in [2.05, 4.69) is 13.8 Å². The molecular weight excluding hydrogens is 284 g/mol. The van der Waals surface area contributed by atoms with Crippen molar-refractivity contribution in [3.63, 3.8) is 0 Å². The molecule has 0 amide bonds. The maximum absolute atomic E-state index is 12.7. The van der Waals surface area contributed by atoms with Crippen molar-refractivity contribution >= 4 is 10.0 Å². The van der Waals surface area contributed by atoms with Gasteiger partial charge in [0.15, 0.2) is 0 Å². The molecule has 4 nitrogen and oxygen atoms in total. The average Bonchev–Trinajstić information content (AvgIpc) is 2.44. The van der Waals surface area contributed by atoms with Crippen LogP contribution in [0.2, 0.25) is 0 Å². The molecule has 21 heavy (non-hydrogen) atoms. The molecule has 2 unspecified atom stereocenters.